The summed E-state index contributed by atoms with van der Waals surface area (Å²) in [5.74, 6) is 1.33. The number of azo groups is 2. The summed E-state index contributed by atoms with van der Waals surface area (Å²) >= 11 is 0.704. The highest BCUT2D eigenvalue weighted by molar-refractivity contribution is 8.00. The van der Waals surface area contributed by atoms with Crippen molar-refractivity contribution in [1.82, 2.24) is 0 Å². The van der Waals surface area contributed by atoms with Gasteiger partial charge in [-0.1, -0.05) is 18.7 Å². The zero-order chi connectivity index (χ0) is 31.7. The summed E-state index contributed by atoms with van der Waals surface area (Å²) in [5, 5.41) is 16.3. The monoisotopic (exact) mass is 656 g/mol. The Morgan fingerprint density at radius 1 is 0.591 bits per heavy atom. The molecule has 0 bridgehead atoms. The van der Waals surface area contributed by atoms with Crippen LogP contribution in [-0.4, -0.2) is 39.2 Å². The summed E-state index contributed by atoms with van der Waals surface area (Å²) in [6.45, 7) is 4.95. The van der Waals surface area contributed by atoms with Crippen molar-refractivity contribution < 1.29 is 35.4 Å². The molecule has 0 saturated heterocycles. The molecule has 0 radical (unpaired) electrons. The van der Waals surface area contributed by atoms with E-state index in [0.29, 0.717) is 47.8 Å². The Balaban J connectivity index is 1.59. The van der Waals surface area contributed by atoms with Gasteiger partial charge in [0.2, 0.25) is 0 Å². The molecule has 0 fully saturated rings. The predicted octanol–water partition coefficient (Wildman–Crippen LogP) is 8.35. The first-order valence-electron chi connectivity index (χ1n) is 13.2. The number of hydrogen-bond acceptors (Lipinski definition) is 11. The predicted molar refractivity (Wildman–Crippen MR) is 165 cm³/mol. The Bertz CT molecular complexity index is 1880. The molecule has 0 unspecified atom stereocenters. The molecule has 0 spiro atoms. The number of benzene rings is 4. The van der Waals surface area contributed by atoms with E-state index in [9.17, 15) is 25.9 Å². The highest BCUT2D eigenvalue weighted by atomic mass is 32.2. The van der Waals surface area contributed by atoms with Crippen molar-refractivity contribution in [1.29, 1.82) is 0 Å². The molecular formula is C29H28N4O8S3. The van der Waals surface area contributed by atoms with Crippen molar-refractivity contribution in [3.05, 3.63) is 84.9 Å². The quantitative estimate of drug-likeness (QED) is 0.106. The van der Waals surface area contributed by atoms with E-state index in [1.807, 2.05) is 13.8 Å². The summed E-state index contributed by atoms with van der Waals surface area (Å²) in [4.78, 5) is -1.08. The lowest BCUT2D eigenvalue weighted by molar-refractivity contribution is 0.317. The minimum Gasteiger partial charge on any atom is -0.494 e. The van der Waals surface area contributed by atoms with Crippen LogP contribution in [0.15, 0.2) is 125 Å². The molecule has 2 N–H and O–H groups in total. The van der Waals surface area contributed by atoms with E-state index in [0.717, 1.165) is 18.6 Å². The Morgan fingerprint density at radius 3 is 1.36 bits per heavy atom. The van der Waals surface area contributed by atoms with Gasteiger partial charge in [0.1, 0.15) is 21.3 Å². The summed E-state index contributed by atoms with van der Waals surface area (Å²) in [5.41, 5.74) is 1.20. The molecule has 15 heteroatoms. The van der Waals surface area contributed by atoms with Gasteiger partial charge < -0.3 is 9.47 Å². The summed E-state index contributed by atoms with van der Waals surface area (Å²) in [6.07, 6.45) is 0.867. The molecule has 4 rings (SSSR count). The highest BCUT2D eigenvalue weighted by Crippen LogP contribution is 2.39. The van der Waals surface area contributed by atoms with Gasteiger partial charge in [-0.3, -0.25) is 9.11 Å². The lowest BCUT2D eigenvalue weighted by atomic mass is 10.3. The molecule has 44 heavy (non-hydrogen) atoms. The van der Waals surface area contributed by atoms with Crippen molar-refractivity contribution in [3.63, 3.8) is 0 Å². The van der Waals surface area contributed by atoms with Gasteiger partial charge in [-0.15, -0.1) is 0 Å². The van der Waals surface area contributed by atoms with Gasteiger partial charge in [0, 0.05) is 9.79 Å². The van der Waals surface area contributed by atoms with Crippen LogP contribution in [0.4, 0.5) is 22.7 Å². The van der Waals surface area contributed by atoms with Crippen molar-refractivity contribution >= 4 is 54.7 Å². The maximum absolute atomic E-state index is 12.3. The Hall–Kier alpha value is -4.15. The van der Waals surface area contributed by atoms with Crippen LogP contribution in [0.25, 0.3) is 0 Å². The number of ether oxygens (including phenoxy) is 2. The SMILES string of the molecule is CCCOc1ccc(N=Nc2ccc(Sc3ccc(N=Nc4ccc(OCC)cc4)cc3S(=O)(=O)O)c(S(=O)(=O)O)c2)cc1. The summed E-state index contributed by atoms with van der Waals surface area (Å²) in [6, 6.07) is 21.4. The largest absolute Gasteiger partial charge is 0.494 e. The van der Waals surface area contributed by atoms with Gasteiger partial charge in [0.25, 0.3) is 20.2 Å². The topological polar surface area (TPSA) is 177 Å². The third-order valence-corrected chi connectivity index (χ3v) is 8.85. The zero-order valence-electron chi connectivity index (χ0n) is 23.6. The van der Waals surface area contributed by atoms with E-state index >= 15 is 0 Å². The first kappa shape index (κ1) is 32.8. The maximum Gasteiger partial charge on any atom is 0.295 e. The van der Waals surface area contributed by atoms with E-state index in [-0.39, 0.29) is 21.2 Å². The van der Waals surface area contributed by atoms with Crippen LogP contribution in [0.1, 0.15) is 20.3 Å². The van der Waals surface area contributed by atoms with Crippen LogP contribution in [0.2, 0.25) is 0 Å². The van der Waals surface area contributed by atoms with Gasteiger partial charge in [-0.05, 0) is 98.3 Å². The maximum atomic E-state index is 12.3. The fourth-order valence-corrected chi connectivity index (χ4v) is 6.54. The molecule has 0 amide bonds. The Kier molecular flexibility index (Phi) is 10.8. The van der Waals surface area contributed by atoms with Crippen LogP contribution in [0, 0.1) is 0 Å². The number of rotatable bonds is 13. The normalized spacial score (nSPS) is 12.2. The fourth-order valence-electron chi connectivity index (χ4n) is 3.64. The van der Waals surface area contributed by atoms with E-state index in [1.54, 1.807) is 48.5 Å². The smallest absolute Gasteiger partial charge is 0.295 e. The average molecular weight is 657 g/mol. The van der Waals surface area contributed by atoms with Crippen LogP contribution in [0.5, 0.6) is 11.5 Å². The molecule has 0 aliphatic rings. The minimum absolute atomic E-state index is 0.0162. The van der Waals surface area contributed by atoms with Gasteiger partial charge in [0.05, 0.1) is 36.0 Å². The molecule has 4 aromatic rings. The molecule has 0 aromatic heterocycles. The second kappa shape index (κ2) is 14.5. The van der Waals surface area contributed by atoms with Gasteiger partial charge in [0.15, 0.2) is 0 Å². The first-order valence-corrected chi connectivity index (χ1v) is 16.9. The van der Waals surface area contributed by atoms with Gasteiger partial charge >= 0.3 is 0 Å². The van der Waals surface area contributed by atoms with E-state index in [1.165, 1.54) is 24.3 Å². The Labute approximate surface area is 259 Å². The van der Waals surface area contributed by atoms with Crippen LogP contribution in [0.3, 0.4) is 0 Å². The number of nitrogens with zero attached hydrogens (tertiary/aromatic N) is 4. The average Bonchev–Trinajstić information content (AvgIpc) is 2.99. The highest BCUT2D eigenvalue weighted by Gasteiger charge is 2.22. The molecule has 4 aromatic carbocycles. The van der Waals surface area contributed by atoms with Crippen molar-refractivity contribution in [2.45, 2.75) is 39.9 Å². The van der Waals surface area contributed by atoms with Crippen molar-refractivity contribution in [2.24, 2.45) is 20.5 Å². The lowest BCUT2D eigenvalue weighted by Crippen LogP contribution is -2.02. The van der Waals surface area contributed by atoms with E-state index in [2.05, 4.69) is 20.5 Å². The summed E-state index contributed by atoms with van der Waals surface area (Å²) < 4.78 is 79.8. The standard InChI is InChI=1S/C29H28N4O8S3/c1-3-17-41-25-13-7-21(8-14-25)31-33-23-10-16-27(29(19-23)44(37,38)39)42-26-15-9-22(18-28(26)43(34,35)36)32-30-20-5-11-24(12-6-20)40-4-2/h5-16,18-19H,3-4,17H2,1-2H3,(H,34,35,36)(H,37,38,39). The van der Waals surface area contributed by atoms with Gasteiger partial charge in [-0.25, -0.2) is 0 Å². The molecule has 0 aliphatic heterocycles. The van der Waals surface area contributed by atoms with Crippen LogP contribution in [-0.2, 0) is 20.2 Å². The molecule has 0 heterocycles. The second-order valence-electron chi connectivity index (χ2n) is 8.98. The molecule has 0 atom stereocenters. The zero-order valence-corrected chi connectivity index (χ0v) is 26.0. The number of hydrogen-bond donors (Lipinski definition) is 2. The van der Waals surface area contributed by atoms with E-state index in [4.69, 9.17) is 9.47 Å². The lowest BCUT2D eigenvalue weighted by Gasteiger charge is -2.11. The molecule has 230 valence electrons. The van der Waals surface area contributed by atoms with Crippen molar-refractivity contribution in [3.8, 4) is 11.5 Å². The minimum atomic E-state index is -4.77. The fraction of sp³-hybridized carbons (Fsp3) is 0.172. The second-order valence-corrected chi connectivity index (χ2v) is 12.8. The molecule has 12 nitrogen and oxygen atoms in total. The van der Waals surface area contributed by atoms with E-state index < -0.39 is 30.0 Å². The third-order valence-electron chi connectivity index (χ3n) is 5.65. The van der Waals surface area contributed by atoms with Gasteiger partial charge in [-0.2, -0.15) is 37.3 Å². The first-order chi connectivity index (χ1) is 21.0. The molecular weight excluding hydrogens is 629 g/mol. The molecule has 0 aliphatic carbocycles. The third kappa shape index (κ3) is 9.17. The van der Waals surface area contributed by atoms with Crippen molar-refractivity contribution in [2.75, 3.05) is 13.2 Å². The Morgan fingerprint density at radius 2 is 0.977 bits per heavy atom. The van der Waals surface area contributed by atoms with Crippen LogP contribution >= 0.6 is 11.8 Å². The summed E-state index contributed by atoms with van der Waals surface area (Å²) in [7, 11) is -9.54. The van der Waals surface area contributed by atoms with Crippen LogP contribution < -0.4 is 9.47 Å². The molecule has 0 saturated carbocycles.